The van der Waals surface area contributed by atoms with E-state index in [2.05, 4.69) is 31.2 Å². The molecule has 17 heavy (non-hydrogen) atoms. The summed E-state index contributed by atoms with van der Waals surface area (Å²) in [5.41, 5.74) is 1.63. The van der Waals surface area contributed by atoms with E-state index >= 15 is 0 Å². The van der Waals surface area contributed by atoms with Crippen molar-refractivity contribution in [2.75, 3.05) is 0 Å². The van der Waals surface area contributed by atoms with E-state index in [1.54, 1.807) is 0 Å². The average molecular weight is 222 g/mol. The summed E-state index contributed by atoms with van der Waals surface area (Å²) in [5.74, 6) is 4.59. The number of ketones is 1. The Morgan fingerprint density at radius 2 is 1.35 bits per heavy atom. The first-order valence-corrected chi connectivity index (χ1v) is 6.85. The minimum atomic E-state index is -0.00868. The topological polar surface area (TPSA) is 17.1 Å². The van der Waals surface area contributed by atoms with E-state index in [1.165, 1.54) is 5.57 Å². The fraction of sp³-hybridized carbons (Fsp3) is 0.562. The van der Waals surface area contributed by atoms with Crippen LogP contribution in [0.2, 0.25) is 0 Å². The van der Waals surface area contributed by atoms with Gasteiger partial charge < -0.3 is 0 Å². The summed E-state index contributed by atoms with van der Waals surface area (Å²) in [7, 11) is 0. The molecule has 7 rings (SSSR count). The largest absolute Gasteiger partial charge is 0.294 e. The molecular formula is C16H14O. The Morgan fingerprint density at radius 3 is 1.82 bits per heavy atom. The van der Waals surface area contributed by atoms with Crippen LogP contribution in [0.4, 0.5) is 0 Å². The van der Waals surface area contributed by atoms with Crippen LogP contribution in [0.3, 0.4) is 0 Å². The summed E-state index contributed by atoms with van der Waals surface area (Å²) < 4.78 is 0. The average Bonchev–Trinajstić information content (AvgIpc) is 3.06. The summed E-state index contributed by atoms with van der Waals surface area (Å²) in [6.07, 6.45) is 11.7. The molecule has 0 amide bonds. The molecule has 8 bridgehead atoms. The SMILES string of the molecule is CC1=CC(=O)C23[C@@H]4C=C[C@H]5[C@H]4[C@@H]4[C@@H](C=C[C@@H]42)C153. The zero-order chi connectivity index (χ0) is 11.2. The van der Waals surface area contributed by atoms with Gasteiger partial charge in [0.15, 0.2) is 5.78 Å². The Bertz CT molecular complexity index is 573. The molecule has 0 aromatic rings. The highest BCUT2D eigenvalue weighted by Crippen LogP contribution is 2.92. The maximum Gasteiger partial charge on any atom is 0.163 e. The molecule has 0 N–H and O–H groups in total. The second-order valence-electron chi connectivity index (χ2n) is 6.96. The third kappa shape index (κ3) is 0.408. The van der Waals surface area contributed by atoms with Crippen LogP contribution in [0.5, 0.6) is 0 Å². The molecule has 8 atom stereocenters. The summed E-state index contributed by atoms with van der Waals surface area (Å²) in [4.78, 5) is 12.7. The van der Waals surface area contributed by atoms with Crippen molar-refractivity contribution in [3.63, 3.8) is 0 Å². The number of allylic oxidation sites excluding steroid dienone is 6. The van der Waals surface area contributed by atoms with Gasteiger partial charge in [0.25, 0.3) is 0 Å². The van der Waals surface area contributed by atoms with E-state index in [0.717, 1.165) is 11.8 Å². The molecule has 2 unspecified atom stereocenters. The van der Waals surface area contributed by atoms with Crippen molar-refractivity contribution in [1.29, 1.82) is 0 Å². The van der Waals surface area contributed by atoms with Crippen molar-refractivity contribution in [3.8, 4) is 0 Å². The number of carbonyl (C=O) groups excluding carboxylic acids is 1. The van der Waals surface area contributed by atoms with Crippen molar-refractivity contribution in [2.45, 2.75) is 6.92 Å². The molecule has 84 valence electrons. The minimum Gasteiger partial charge on any atom is -0.294 e. The number of carbonyl (C=O) groups is 1. The molecule has 4 fully saturated rings. The molecule has 0 aliphatic heterocycles. The highest BCUT2D eigenvalue weighted by Gasteiger charge is 2.91. The number of hydrogen-bond acceptors (Lipinski definition) is 1. The van der Waals surface area contributed by atoms with Crippen molar-refractivity contribution >= 4 is 5.78 Å². The van der Waals surface area contributed by atoms with Crippen LogP contribution in [0, 0.1) is 46.3 Å². The van der Waals surface area contributed by atoms with Gasteiger partial charge in [0.05, 0.1) is 5.41 Å². The van der Waals surface area contributed by atoms with E-state index in [0.29, 0.717) is 29.5 Å². The standard InChI is InChI=1S/C16H14O/c1-7-6-12(17)16-10-4-2-8-13(10)14-9(15(7,8)16)3-5-11(14)16/h2-6,8-11,13-14H,1H3/t8-,9+,10+,11-,13-,14-,15?,16?/m1/s1. The zero-order valence-corrected chi connectivity index (χ0v) is 9.76. The molecule has 1 heteroatoms. The predicted octanol–water partition coefficient (Wildman–Crippen LogP) is 2.37. The first-order valence-electron chi connectivity index (χ1n) is 6.85. The van der Waals surface area contributed by atoms with Gasteiger partial charge in [-0.3, -0.25) is 4.79 Å². The van der Waals surface area contributed by atoms with E-state index in [4.69, 9.17) is 0 Å². The quantitative estimate of drug-likeness (QED) is 0.575. The van der Waals surface area contributed by atoms with E-state index in [9.17, 15) is 4.79 Å². The lowest BCUT2D eigenvalue weighted by atomic mass is 9.53. The van der Waals surface area contributed by atoms with Crippen molar-refractivity contribution in [2.24, 2.45) is 46.3 Å². The minimum absolute atomic E-state index is 0.00868. The summed E-state index contributed by atoms with van der Waals surface area (Å²) in [6, 6.07) is 0. The molecule has 0 radical (unpaired) electrons. The van der Waals surface area contributed by atoms with Crippen LogP contribution < -0.4 is 0 Å². The molecule has 0 saturated heterocycles. The first kappa shape index (κ1) is 8.07. The summed E-state index contributed by atoms with van der Waals surface area (Å²) in [5, 5.41) is 0. The van der Waals surface area contributed by atoms with Crippen LogP contribution in [-0.4, -0.2) is 5.78 Å². The lowest BCUT2D eigenvalue weighted by Gasteiger charge is -2.48. The Labute approximate surface area is 100 Å². The Kier molecular flexibility index (Phi) is 0.857. The van der Waals surface area contributed by atoms with Gasteiger partial charge in [0.1, 0.15) is 0 Å². The molecule has 0 aromatic heterocycles. The fourth-order valence-electron chi connectivity index (χ4n) is 7.59. The smallest absolute Gasteiger partial charge is 0.163 e. The maximum absolute atomic E-state index is 12.7. The van der Waals surface area contributed by atoms with Crippen molar-refractivity contribution < 1.29 is 4.79 Å². The number of rotatable bonds is 0. The molecule has 0 aromatic carbocycles. The molecule has 1 nitrogen and oxygen atoms in total. The maximum atomic E-state index is 12.7. The van der Waals surface area contributed by atoms with E-state index < -0.39 is 0 Å². The molecule has 2 spiro atoms. The van der Waals surface area contributed by atoms with Crippen LogP contribution in [-0.2, 0) is 4.79 Å². The van der Waals surface area contributed by atoms with Gasteiger partial charge in [-0.2, -0.15) is 0 Å². The third-order valence-electron chi connectivity index (χ3n) is 7.35. The molecule has 7 aliphatic rings. The second kappa shape index (κ2) is 1.81. The molecular weight excluding hydrogens is 208 g/mol. The van der Waals surface area contributed by atoms with Gasteiger partial charge in [-0.05, 0) is 48.5 Å². The Morgan fingerprint density at radius 1 is 0.882 bits per heavy atom. The van der Waals surface area contributed by atoms with Gasteiger partial charge in [0, 0.05) is 5.41 Å². The Hall–Kier alpha value is -1.11. The lowest BCUT2D eigenvalue weighted by molar-refractivity contribution is -0.130. The summed E-state index contributed by atoms with van der Waals surface area (Å²) >= 11 is 0. The summed E-state index contributed by atoms with van der Waals surface area (Å²) in [6.45, 7) is 2.22. The van der Waals surface area contributed by atoms with Crippen LogP contribution >= 0.6 is 0 Å². The van der Waals surface area contributed by atoms with Gasteiger partial charge in [0.2, 0.25) is 0 Å². The zero-order valence-electron chi connectivity index (χ0n) is 9.76. The fourth-order valence-corrected chi connectivity index (χ4v) is 7.59. The monoisotopic (exact) mass is 222 g/mol. The van der Waals surface area contributed by atoms with Gasteiger partial charge in [-0.25, -0.2) is 0 Å². The third-order valence-corrected chi connectivity index (χ3v) is 7.35. The van der Waals surface area contributed by atoms with Gasteiger partial charge >= 0.3 is 0 Å². The van der Waals surface area contributed by atoms with Crippen molar-refractivity contribution in [1.82, 2.24) is 0 Å². The normalized spacial score (nSPS) is 69.9. The van der Waals surface area contributed by atoms with E-state index in [1.807, 2.05) is 6.08 Å². The molecule has 7 aliphatic carbocycles. The van der Waals surface area contributed by atoms with Crippen LogP contribution in [0.15, 0.2) is 36.0 Å². The van der Waals surface area contributed by atoms with Gasteiger partial charge in [-0.1, -0.05) is 29.9 Å². The number of hydrogen-bond donors (Lipinski definition) is 0. The molecule has 0 heterocycles. The van der Waals surface area contributed by atoms with Crippen molar-refractivity contribution in [3.05, 3.63) is 36.0 Å². The first-order chi connectivity index (χ1) is 8.25. The highest BCUT2D eigenvalue weighted by molar-refractivity contribution is 6.03. The van der Waals surface area contributed by atoms with E-state index in [-0.39, 0.29) is 10.8 Å². The van der Waals surface area contributed by atoms with Crippen LogP contribution in [0.1, 0.15) is 6.92 Å². The second-order valence-corrected chi connectivity index (χ2v) is 6.96. The Balaban J connectivity index is 1.86. The van der Waals surface area contributed by atoms with Crippen LogP contribution in [0.25, 0.3) is 0 Å². The van der Waals surface area contributed by atoms with Gasteiger partial charge in [-0.15, -0.1) is 0 Å². The predicted molar refractivity (Wildman–Crippen MR) is 62.9 cm³/mol. The highest BCUT2D eigenvalue weighted by atomic mass is 16.1. The molecule has 4 saturated carbocycles. The lowest BCUT2D eigenvalue weighted by Crippen LogP contribution is -2.49.